The van der Waals surface area contributed by atoms with Crippen molar-refractivity contribution in [3.63, 3.8) is 0 Å². The number of rotatable bonds is 4. The zero-order valence-electron chi connectivity index (χ0n) is 19.2. The SMILES string of the molecule is Cc1nc(C(C)(O)C#Cc2cc3c(-c4nc(N)ncc4F)cn(C4CN(C5CC5)C4)c3cn2)no1. The maximum absolute atomic E-state index is 14.8. The van der Waals surface area contributed by atoms with Crippen molar-refractivity contribution in [2.45, 2.75) is 44.4 Å². The number of nitrogens with zero attached hydrogens (tertiary/aromatic N) is 7. The van der Waals surface area contributed by atoms with Crippen molar-refractivity contribution < 1.29 is 14.0 Å². The second-order valence-corrected chi connectivity index (χ2v) is 9.26. The third-order valence-corrected chi connectivity index (χ3v) is 6.48. The number of fused-ring (bicyclic) bond motifs is 1. The van der Waals surface area contributed by atoms with Crippen LogP contribution in [0.4, 0.5) is 10.3 Å². The lowest BCUT2D eigenvalue weighted by Crippen LogP contribution is -2.48. The molecular formula is C24H23FN8O2. The molecule has 178 valence electrons. The largest absolute Gasteiger partial charge is 0.371 e. The molecule has 1 aliphatic carbocycles. The Kier molecular flexibility index (Phi) is 4.84. The van der Waals surface area contributed by atoms with E-state index in [0.717, 1.165) is 30.2 Å². The Hall–Kier alpha value is -3.88. The number of aryl methyl sites for hydroxylation is 1. The summed E-state index contributed by atoms with van der Waals surface area (Å²) in [6.45, 7) is 4.99. The van der Waals surface area contributed by atoms with Gasteiger partial charge in [0.2, 0.25) is 17.7 Å². The molecule has 6 rings (SSSR count). The van der Waals surface area contributed by atoms with Gasteiger partial charge in [-0.3, -0.25) is 4.90 Å². The normalized spacial score (nSPS) is 18.2. The zero-order valence-corrected chi connectivity index (χ0v) is 19.2. The number of pyridine rings is 1. The van der Waals surface area contributed by atoms with E-state index in [-0.39, 0.29) is 23.5 Å². The van der Waals surface area contributed by atoms with E-state index >= 15 is 0 Å². The highest BCUT2D eigenvalue weighted by molar-refractivity contribution is 5.95. The highest BCUT2D eigenvalue weighted by atomic mass is 19.1. The van der Waals surface area contributed by atoms with Crippen LogP contribution in [0.5, 0.6) is 0 Å². The van der Waals surface area contributed by atoms with Gasteiger partial charge in [0.15, 0.2) is 11.4 Å². The molecular weight excluding hydrogens is 451 g/mol. The zero-order chi connectivity index (χ0) is 24.3. The van der Waals surface area contributed by atoms with Crippen LogP contribution in [0.3, 0.4) is 0 Å². The van der Waals surface area contributed by atoms with Gasteiger partial charge < -0.3 is 19.9 Å². The van der Waals surface area contributed by atoms with Crippen LogP contribution in [0.25, 0.3) is 22.2 Å². The maximum Gasteiger partial charge on any atom is 0.223 e. The smallest absolute Gasteiger partial charge is 0.223 e. The van der Waals surface area contributed by atoms with E-state index in [9.17, 15) is 9.50 Å². The van der Waals surface area contributed by atoms with Crippen LogP contribution in [0.2, 0.25) is 0 Å². The van der Waals surface area contributed by atoms with Gasteiger partial charge in [-0.15, -0.1) is 0 Å². The summed E-state index contributed by atoms with van der Waals surface area (Å²) in [7, 11) is 0. The number of aromatic nitrogens is 6. The number of likely N-dealkylation sites (tertiary alicyclic amines) is 1. The molecule has 0 spiro atoms. The number of halogens is 1. The van der Waals surface area contributed by atoms with Crippen LogP contribution in [0, 0.1) is 24.6 Å². The molecule has 10 nitrogen and oxygen atoms in total. The summed E-state index contributed by atoms with van der Waals surface area (Å²) in [4.78, 5) is 18.9. The van der Waals surface area contributed by atoms with Crippen molar-refractivity contribution in [1.82, 2.24) is 34.6 Å². The summed E-state index contributed by atoms with van der Waals surface area (Å²) in [6, 6.07) is 2.72. The summed E-state index contributed by atoms with van der Waals surface area (Å²) in [5, 5.41) is 15.2. The average molecular weight is 475 g/mol. The molecule has 4 aromatic rings. The average Bonchev–Trinajstić information content (AvgIpc) is 3.42. The van der Waals surface area contributed by atoms with Crippen molar-refractivity contribution in [3.8, 4) is 23.1 Å². The predicted octanol–water partition coefficient (Wildman–Crippen LogP) is 2.18. The summed E-state index contributed by atoms with van der Waals surface area (Å²) in [6.07, 6.45) is 7.21. The molecule has 2 fully saturated rings. The van der Waals surface area contributed by atoms with Crippen LogP contribution in [-0.4, -0.2) is 58.8 Å². The molecule has 35 heavy (non-hydrogen) atoms. The van der Waals surface area contributed by atoms with Crippen molar-refractivity contribution in [3.05, 3.63) is 47.9 Å². The Morgan fingerprint density at radius 1 is 1.20 bits per heavy atom. The van der Waals surface area contributed by atoms with Gasteiger partial charge in [-0.05, 0) is 31.8 Å². The fraction of sp³-hybridized carbons (Fsp3) is 0.375. The number of aliphatic hydroxyl groups is 1. The molecule has 5 heterocycles. The van der Waals surface area contributed by atoms with E-state index in [4.69, 9.17) is 10.3 Å². The lowest BCUT2D eigenvalue weighted by Gasteiger charge is -2.40. The lowest BCUT2D eigenvalue weighted by atomic mass is 10.1. The molecule has 1 saturated carbocycles. The van der Waals surface area contributed by atoms with Crippen molar-refractivity contribution in [1.29, 1.82) is 0 Å². The van der Waals surface area contributed by atoms with Crippen LogP contribution < -0.4 is 5.73 Å². The van der Waals surface area contributed by atoms with Gasteiger partial charge in [-0.25, -0.2) is 19.3 Å². The van der Waals surface area contributed by atoms with Gasteiger partial charge in [0.05, 0.1) is 24.0 Å². The molecule has 0 bridgehead atoms. The molecule has 2 aliphatic rings. The van der Waals surface area contributed by atoms with Gasteiger partial charge in [-0.2, -0.15) is 4.98 Å². The van der Waals surface area contributed by atoms with Gasteiger partial charge in [0.25, 0.3) is 0 Å². The molecule has 1 atom stereocenters. The van der Waals surface area contributed by atoms with E-state index in [0.29, 0.717) is 23.2 Å². The molecule has 11 heteroatoms. The second kappa shape index (κ2) is 7.83. The molecule has 3 N–H and O–H groups in total. The highest BCUT2D eigenvalue weighted by Crippen LogP contribution is 2.39. The van der Waals surface area contributed by atoms with E-state index in [1.54, 1.807) is 19.2 Å². The van der Waals surface area contributed by atoms with Crippen LogP contribution in [0.1, 0.15) is 43.2 Å². The van der Waals surface area contributed by atoms with Crippen molar-refractivity contribution in [2.75, 3.05) is 18.8 Å². The maximum atomic E-state index is 14.8. The second-order valence-electron chi connectivity index (χ2n) is 9.26. The molecule has 0 amide bonds. The molecule has 4 aromatic heterocycles. The fourth-order valence-electron chi connectivity index (χ4n) is 4.42. The van der Waals surface area contributed by atoms with Crippen molar-refractivity contribution in [2.24, 2.45) is 0 Å². The highest BCUT2D eigenvalue weighted by Gasteiger charge is 2.39. The number of anilines is 1. The van der Waals surface area contributed by atoms with Crippen LogP contribution >= 0.6 is 0 Å². The van der Waals surface area contributed by atoms with E-state index in [2.05, 4.69) is 46.4 Å². The Morgan fingerprint density at radius 3 is 2.71 bits per heavy atom. The number of nitrogens with two attached hydrogens (primary N) is 1. The first kappa shape index (κ1) is 21.6. The van der Waals surface area contributed by atoms with Crippen LogP contribution in [-0.2, 0) is 5.60 Å². The first-order valence-electron chi connectivity index (χ1n) is 11.4. The third kappa shape index (κ3) is 3.90. The molecule has 0 aromatic carbocycles. The summed E-state index contributed by atoms with van der Waals surface area (Å²) in [5.74, 6) is 5.46. The third-order valence-electron chi connectivity index (χ3n) is 6.48. The predicted molar refractivity (Wildman–Crippen MR) is 124 cm³/mol. The Morgan fingerprint density at radius 2 is 2.00 bits per heavy atom. The minimum absolute atomic E-state index is 0.00798. The monoisotopic (exact) mass is 474 g/mol. The summed E-state index contributed by atoms with van der Waals surface area (Å²) in [5.41, 5.74) is 6.09. The van der Waals surface area contributed by atoms with Crippen LogP contribution in [0.15, 0.2) is 29.2 Å². The topological polar surface area (TPSA) is 132 Å². The standard InChI is InChI=1S/C24H23FN8O2/c1-13-29-22(31-35-13)24(2,34)6-5-14-7-17-18(21-19(25)8-28-23(26)30-21)12-33(20(17)9-27-14)16-10-32(11-16)15-3-4-15/h7-9,12,15-16,34H,3-4,10-11H2,1-2H3,(H2,26,28,30). The van der Waals surface area contributed by atoms with Gasteiger partial charge in [0.1, 0.15) is 11.4 Å². The molecule has 0 radical (unpaired) electrons. The lowest BCUT2D eigenvalue weighted by molar-refractivity contribution is 0.101. The van der Waals surface area contributed by atoms with E-state index in [1.165, 1.54) is 19.8 Å². The fourth-order valence-corrected chi connectivity index (χ4v) is 4.42. The Labute approximate surface area is 200 Å². The van der Waals surface area contributed by atoms with Gasteiger partial charge >= 0.3 is 0 Å². The van der Waals surface area contributed by atoms with Gasteiger partial charge in [0, 0.05) is 43.2 Å². The molecule has 1 aliphatic heterocycles. The minimum atomic E-state index is -1.63. The Balaban J connectivity index is 1.42. The first-order valence-corrected chi connectivity index (χ1v) is 11.4. The summed E-state index contributed by atoms with van der Waals surface area (Å²) < 4.78 is 21.8. The summed E-state index contributed by atoms with van der Waals surface area (Å²) >= 11 is 0. The molecule has 1 saturated heterocycles. The van der Waals surface area contributed by atoms with E-state index in [1.807, 2.05) is 6.20 Å². The minimum Gasteiger partial charge on any atom is -0.371 e. The quantitative estimate of drug-likeness (QED) is 0.427. The van der Waals surface area contributed by atoms with Crippen molar-refractivity contribution >= 4 is 16.9 Å². The molecule has 1 unspecified atom stereocenters. The Bertz CT molecular complexity index is 1500. The number of nitrogen functional groups attached to an aromatic ring is 1. The number of hydrogen-bond acceptors (Lipinski definition) is 9. The van der Waals surface area contributed by atoms with Gasteiger partial charge in [-0.1, -0.05) is 11.1 Å². The van der Waals surface area contributed by atoms with E-state index < -0.39 is 11.4 Å². The number of hydrogen-bond donors (Lipinski definition) is 2. The first-order chi connectivity index (χ1) is 16.8.